The average molecular weight is 140 g/mol. The van der Waals surface area contributed by atoms with Crippen LogP contribution in [-0.4, -0.2) is 15.0 Å². The number of aromatic amines is 1. The van der Waals surface area contributed by atoms with Crippen molar-refractivity contribution >= 4 is 5.95 Å². The molecule has 54 valence electrons. The van der Waals surface area contributed by atoms with Gasteiger partial charge in [-0.3, -0.25) is 4.98 Å². The van der Waals surface area contributed by atoms with Crippen LogP contribution in [0.25, 0.3) is 0 Å². The lowest BCUT2D eigenvalue weighted by Gasteiger charge is -1.93. The third kappa shape index (κ3) is 1.31. The van der Waals surface area contributed by atoms with Gasteiger partial charge in [-0.05, 0) is 0 Å². The van der Waals surface area contributed by atoms with E-state index in [-0.39, 0.29) is 5.95 Å². The molecule has 3 N–H and O–H groups in total. The standard InChI is InChI=1S/C5H8N4O/c1-2-3-7-4(6)9-5(10)8-3/h2H2,1H3,(H3,6,7,8,9,10). The van der Waals surface area contributed by atoms with Crippen molar-refractivity contribution in [3.63, 3.8) is 0 Å². The van der Waals surface area contributed by atoms with E-state index in [0.717, 1.165) is 0 Å². The van der Waals surface area contributed by atoms with E-state index in [0.29, 0.717) is 12.2 Å². The van der Waals surface area contributed by atoms with Crippen molar-refractivity contribution in [2.24, 2.45) is 0 Å². The highest BCUT2D eigenvalue weighted by molar-refractivity contribution is 5.12. The largest absolute Gasteiger partial charge is 0.368 e. The normalized spacial score (nSPS) is 9.70. The Morgan fingerprint density at radius 1 is 1.60 bits per heavy atom. The summed E-state index contributed by atoms with van der Waals surface area (Å²) in [5.74, 6) is 0.595. The number of nitrogens with two attached hydrogens (primary N) is 1. The molecule has 0 saturated heterocycles. The summed E-state index contributed by atoms with van der Waals surface area (Å²) >= 11 is 0. The molecule has 0 aromatic carbocycles. The van der Waals surface area contributed by atoms with E-state index in [4.69, 9.17) is 5.73 Å². The molecule has 0 saturated carbocycles. The third-order valence-corrected chi connectivity index (χ3v) is 1.05. The van der Waals surface area contributed by atoms with Gasteiger partial charge in [0, 0.05) is 6.42 Å². The fourth-order valence-electron chi connectivity index (χ4n) is 0.614. The molecule has 0 aliphatic heterocycles. The van der Waals surface area contributed by atoms with Gasteiger partial charge in [-0.25, -0.2) is 4.79 Å². The first-order valence-electron chi connectivity index (χ1n) is 2.95. The summed E-state index contributed by atoms with van der Waals surface area (Å²) in [6.07, 6.45) is 0.655. The Morgan fingerprint density at radius 3 is 2.80 bits per heavy atom. The second-order valence-electron chi connectivity index (χ2n) is 1.81. The molecular weight excluding hydrogens is 132 g/mol. The third-order valence-electron chi connectivity index (χ3n) is 1.05. The maximum atomic E-state index is 10.6. The summed E-state index contributed by atoms with van der Waals surface area (Å²) in [4.78, 5) is 20.1. The van der Waals surface area contributed by atoms with Crippen LogP contribution < -0.4 is 11.4 Å². The molecule has 0 unspecified atom stereocenters. The Balaban J connectivity index is 3.19. The Hall–Kier alpha value is -1.39. The van der Waals surface area contributed by atoms with Crippen molar-refractivity contribution < 1.29 is 0 Å². The second-order valence-corrected chi connectivity index (χ2v) is 1.81. The van der Waals surface area contributed by atoms with Crippen LogP contribution in [0.5, 0.6) is 0 Å². The monoisotopic (exact) mass is 140 g/mol. The van der Waals surface area contributed by atoms with Crippen molar-refractivity contribution in [2.45, 2.75) is 13.3 Å². The lowest BCUT2D eigenvalue weighted by atomic mass is 10.5. The number of aromatic nitrogens is 3. The molecule has 0 aliphatic carbocycles. The molecule has 0 aliphatic rings. The fraction of sp³-hybridized carbons (Fsp3) is 0.400. The van der Waals surface area contributed by atoms with Crippen molar-refractivity contribution in [1.29, 1.82) is 0 Å². The predicted octanol–water partition coefficient (Wildman–Crippen LogP) is -0.691. The van der Waals surface area contributed by atoms with Gasteiger partial charge in [0.05, 0.1) is 0 Å². The summed E-state index contributed by atoms with van der Waals surface area (Å²) in [5.41, 5.74) is 4.75. The molecule has 0 bridgehead atoms. The maximum Gasteiger partial charge on any atom is 0.349 e. The molecule has 5 nitrogen and oxygen atoms in total. The molecule has 1 rings (SSSR count). The number of nitrogens with zero attached hydrogens (tertiary/aromatic N) is 2. The number of nitrogens with one attached hydrogen (secondary N) is 1. The zero-order chi connectivity index (χ0) is 7.56. The molecule has 1 heterocycles. The van der Waals surface area contributed by atoms with Crippen LogP contribution in [0.4, 0.5) is 5.95 Å². The first kappa shape index (κ1) is 6.73. The number of hydrogen-bond donors (Lipinski definition) is 2. The topological polar surface area (TPSA) is 84.7 Å². The molecule has 1 aromatic rings. The van der Waals surface area contributed by atoms with Gasteiger partial charge < -0.3 is 5.73 Å². The molecule has 0 spiro atoms. The molecule has 1 aromatic heterocycles. The van der Waals surface area contributed by atoms with Gasteiger partial charge in [-0.1, -0.05) is 6.92 Å². The molecule has 0 radical (unpaired) electrons. The Kier molecular flexibility index (Phi) is 1.66. The quantitative estimate of drug-likeness (QED) is 0.540. The zero-order valence-corrected chi connectivity index (χ0v) is 5.59. The Labute approximate surface area is 57.3 Å². The summed E-state index contributed by atoms with van der Waals surface area (Å²) in [5, 5.41) is 0. The minimum atomic E-state index is -0.440. The van der Waals surface area contributed by atoms with Crippen molar-refractivity contribution in [3.8, 4) is 0 Å². The fourth-order valence-corrected chi connectivity index (χ4v) is 0.614. The second kappa shape index (κ2) is 2.47. The van der Waals surface area contributed by atoms with Gasteiger partial charge in [0.2, 0.25) is 5.95 Å². The first-order valence-corrected chi connectivity index (χ1v) is 2.95. The van der Waals surface area contributed by atoms with Crippen LogP contribution in [0.15, 0.2) is 4.79 Å². The van der Waals surface area contributed by atoms with Crippen LogP contribution in [0.3, 0.4) is 0 Å². The Morgan fingerprint density at radius 2 is 2.30 bits per heavy atom. The number of rotatable bonds is 1. The number of aryl methyl sites for hydroxylation is 1. The van der Waals surface area contributed by atoms with Crippen molar-refractivity contribution in [3.05, 3.63) is 16.3 Å². The summed E-state index contributed by atoms with van der Waals surface area (Å²) in [6, 6.07) is 0. The summed E-state index contributed by atoms with van der Waals surface area (Å²) in [7, 11) is 0. The van der Waals surface area contributed by atoms with Gasteiger partial charge in [0.1, 0.15) is 5.82 Å². The first-order chi connectivity index (χ1) is 4.72. The highest BCUT2D eigenvalue weighted by Crippen LogP contribution is 1.87. The minimum absolute atomic E-state index is 0.0283. The van der Waals surface area contributed by atoms with E-state index in [9.17, 15) is 4.79 Å². The predicted molar refractivity (Wildman–Crippen MR) is 36.4 cm³/mol. The zero-order valence-electron chi connectivity index (χ0n) is 5.59. The molecular formula is C5H8N4O. The minimum Gasteiger partial charge on any atom is -0.368 e. The molecule has 5 heteroatoms. The van der Waals surface area contributed by atoms with Gasteiger partial charge in [-0.15, -0.1) is 0 Å². The van der Waals surface area contributed by atoms with Crippen molar-refractivity contribution in [2.75, 3.05) is 5.73 Å². The molecule has 0 amide bonds. The highest BCUT2D eigenvalue weighted by Gasteiger charge is 1.94. The van der Waals surface area contributed by atoms with E-state index in [1.54, 1.807) is 0 Å². The van der Waals surface area contributed by atoms with E-state index < -0.39 is 5.69 Å². The van der Waals surface area contributed by atoms with E-state index in [2.05, 4.69) is 15.0 Å². The van der Waals surface area contributed by atoms with Gasteiger partial charge in [0.25, 0.3) is 0 Å². The number of nitrogen functional groups attached to an aromatic ring is 1. The average Bonchev–Trinajstić information content (AvgIpc) is 1.85. The van der Waals surface area contributed by atoms with Crippen LogP contribution in [0.1, 0.15) is 12.7 Å². The smallest absolute Gasteiger partial charge is 0.349 e. The molecule has 0 fully saturated rings. The lowest BCUT2D eigenvalue weighted by molar-refractivity contribution is 0.875. The summed E-state index contributed by atoms with van der Waals surface area (Å²) in [6.45, 7) is 1.87. The summed E-state index contributed by atoms with van der Waals surface area (Å²) < 4.78 is 0. The number of H-pyrrole nitrogens is 1. The lowest BCUT2D eigenvalue weighted by Crippen LogP contribution is -2.16. The van der Waals surface area contributed by atoms with Gasteiger partial charge >= 0.3 is 5.69 Å². The molecule has 10 heavy (non-hydrogen) atoms. The van der Waals surface area contributed by atoms with Gasteiger partial charge in [0.15, 0.2) is 0 Å². The van der Waals surface area contributed by atoms with Gasteiger partial charge in [-0.2, -0.15) is 9.97 Å². The Bertz CT molecular complexity index is 279. The van der Waals surface area contributed by atoms with Crippen LogP contribution in [-0.2, 0) is 6.42 Å². The number of hydrogen-bond acceptors (Lipinski definition) is 4. The maximum absolute atomic E-state index is 10.6. The SMILES string of the molecule is CCc1nc(N)nc(=O)[nH]1. The van der Waals surface area contributed by atoms with Crippen LogP contribution in [0.2, 0.25) is 0 Å². The highest BCUT2D eigenvalue weighted by atomic mass is 16.1. The van der Waals surface area contributed by atoms with E-state index >= 15 is 0 Å². The van der Waals surface area contributed by atoms with E-state index in [1.165, 1.54) is 0 Å². The van der Waals surface area contributed by atoms with E-state index in [1.807, 2.05) is 6.92 Å². The molecule has 0 atom stereocenters. The van der Waals surface area contributed by atoms with Crippen LogP contribution >= 0.6 is 0 Å². The number of anilines is 1. The van der Waals surface area contributed by atoms with Crippen LogP contribution in [0, 0.1) is 0 Å². The van der Waals surface area contributed by atoms with Crippen molar-refractivity contribution in [1.82, 2.24) is 15.0 Å².